The summed E-state index contributed by atoms with van der Waals surface area (Å²) in [4.78, 5) is 4.06. The summed E-state index contributed by atoms with van der Waals surface area (Å²) in [5.74, 6) is 1.37. The minimum absolute atomic E-state index is 0.217. The second-order valence-electron chi connectivity index (χ2n) is 4.40. The van der Waals surface area contributed by atoms with E-state index < -0.39 is 0 Å². The Morgan fingerprint density at radius 1 is 1.30 bits per heavy atom. The summed E-state index contributed by atoms with van der Waals surface area (Å²) in [6.07, 6.45) is 3.37. The number of aromatic nitrogens is 1. The van der Waals surface area contributed by atoms with Gasteiger partial charge in [0.1, 0.15) is 11.5 Å². The van der Waals surface area contributed by atoms with Crippen LogP contribution >= 0.6 is 27.5 Å². The van der Waals surface area contributed by atoms with Crippen molar-refractivity contribution in [2.75, 3.05) is 6.54 Å². The fourth-order valence-electron chi connectivity index (χ4n) is 1.92. The molecule has 0 saturated heterocycles. The second kappa shape index (κ2) is 7.07. The molecular weight excluding hydrogens is 340 g/mol. The maximum absolute atomic E-state index is 6.31. The molecule has 0 radical (unpaired) electrons. The molecule has 0 amide bonds. The highest BCUT2D eigenvalue weighted by Gasteiger charge is 2.10. The first-order chi connectivity index (χ1) is 9.60. The maximum Gasteiger partial charge on any atom is 0.146 e. The predicted molar refractivity (Wildman–Crippen MR) is 85.6 cm³/mol. The Morgan fingerprint density at radius 3 is 2.75 bits per heavy atom. The van der Waals surface area contributed by atoms with E-state index in [0.29, 0.717) is 16.5 Å². The molecule has 1 atom stereocenters. The topological polar surface area (TPSA) is 34.1 Å². The molecule has 1 aromatic heterocycles. The van der Waals surface area contributed by atoms with Gasteiger partial charge in [-0.3, -0.25) is 4.98 Å². The summed E-state index contributed by atoms with van der Waals surface area (Å²) in [7, 11) is 0. The summed E-state index contributed by atoms with van der Waals surface area (Å²) in [6.45, 7) is 5.06. The van der Waals surface area contributed by atoms with Crippen molar-refractivity contribution >= 4 is 27.5 Å². The Morgan fingerprint density at radius 2 is 2.10 bits per heavy atom. The van der Waals surface area contributed by atoms with E-state index in [1.807, 2.05) is 24.3 Å². The van der Waals surface area contributed by atoms with Crippen LogP contribution in [-0.4, -0.2) is 11.5 Å². The van der Waals surface area contributed by atoms with Gasteiger partial charge in [-0.2, -0.15) is 0 Å². The zero-order valence-corrected chi connectivity index (χ0v) is 13.7. The highest BCUT2D eigenvalue weighted by Crippen LogP contribution is 2.30. The van der Waals surface area contributed by atoms with Crippen molar-refractivity contribution in [2.24, 2.45) is 0 Å². The molecule has 0 fully saturated rings. The smallest absolute Gasteiger partial charge is 0.146 e. The van der Waals surface area contributed by atoms with E-state index in [1.54, 1.807) is 12.4 Å². The van der Waals surface area contributed by atoms with E-state index in [9.17, 15) is 0 Å². The number of nitrogens with zero attached hydrogens (tertiary/aromatic N) is 1. The lowest BCUT2D eigenvalue weighted by Gasteiger charge is -2.15. The quantitative estimate of drug-likeness (QED) is 0.823. The molecule has 0 aliphatic heterocycles. The van der Waals surface area contributed by atoms with Crippen molar-refractivity contribution in [3.63, 3.8) is 0 Å². The van der Waals surface area contributed by atoms with Gasteiger partial charge in [-0.15, -0.1) is 0 Å². The molecule has 0 spiro atoms. The van der Waals surface area contributed by atoms with Gasteiger partial charge in [0.05, 0.1) is 6.20 Å². The molecule has 2 rings (SSSR count). The molecule has 0 aliphatic carbocycles. The van der Waals surface area contributed by atoms with Crippen molar-refractivity contribution in [3.05, 3.63) is 51.7 Å². The number of ether oxygens (including phenoxy) is 1. The molecule has 1 unspecified atom stereocenters. The van der Waals surface area contributed by atoms with Gasteiger partial charge in [0.15, 0.2) is 0 Å². The lowest BCUT2D eigenvalue weighted by molar-refractivity contribution is 0.479. The van der Waals surface area contributed by atoms with Gasteiger partial charge in [0.2, 0.25) is 0 Å². The Labute approximate surface area is 132 Å². The summed E-state index contributed by atoms with van der Waals surface area (Å²) < 4.78 is 6.61. The normalized spacial score (nSPS) is 12.2. The summed E-state index contributed by atoms with van der Waals surface area (Å²) in [6, 6.07) is 7.79. The Balaban J connectivity index is 2.17. The summed E-state index contributed by atoms with van der Waals surface area (Å²) in [5, 5.41) is 4.03. The first kappa shape index (κ1) is 15.3. The van der Waals surface area contributed by atoms with Crippen LogP contribution in [0.2, 0.25) is 5.02 Å². The Bertz CT molecular complexity index is 592. The monoisotopic (exact) mass is 354 g/mol. The summed E-state index contributed by atoms with van der Waals surface area (Å²) >= 11 is 9.67. The zero-order valence-electron chi connectivity index (χ0n) is 11.4. The molecule has 1 aromatic carbocycles. The number of hydrogen-bond donors (Lipinski definition) is 1. The van der Waals surface area contributed by atoms with Gasteiger partial charge in [0, 0.05) is 21.7 Å². The Kier molecular flexibility index (Phi) is 5.40. The van der Waals surface area contributed by atoms with E-state index in [1.165, 1.54) is 0 Å². The Hall–Kier alpha value is -1.10. The molecule has 2 aromatic rings. The standard InChI is InChI=1S/C15H16BrClN2O/c1-3-19-10(2)14-5-4-12(7-15(14)17)20-13-6-11(16)8-18-9-13/h4-10,19H,3H2,1-2H3. The second-order valence-corrected chi connectivity index (χ2v) is 5.73. The number of benzene rings is 1. The SMILES string of the molecule is CCNC(C)c1ccc(Oc2cncc(Br)c2)cc1Cl. The highest BCUT2D eigenvalue weighted by molar-refractivity contribution is 9.10. The fraction of sp³-hybridized carbons (Fsp3) is 0.267. The number of nitrogens with one attached hydrogen (secondary N) is 1. The molecule has 1 N–H and O–H groups in total. The largest absolute Gasteiger partial charge is 0.456 e. The van der Waals surface area contributed by atoms with Gasteiger partial charge < -0.3 is 10.1 Å². The maximum atomic E-state index is 6.31. The molecule has 20 heavy (non-hydrogen) atoms. The summed E-state index contributed by atoms with van der Waals surface area (Å²) in [5.41, 5.74) is 1.06. The number of halogens is 2. The third-order valence-corrected chi connectivity index (χ3v) is 3.63. The molecule has 0 saturated carbocycles. The molecule has 1 heterocycles. The zero-order chi connectivity index (χ0) is 14.5. The van der Waals surface area contributed by atoms with Gasteiger partial charge in [-0.05, 0) is 53.2 Å². The van der Waals surface area contributed by atoms with Crippen LogP contribution in [0.1, 0.15) is 25.5 Å². The van der Waals surface area contributed by atoms with Crippen LogP contribution in [0.15, 0.2) is 41.1 Å². The van der Waals surface area contributed by atoms with Gasteiger partial charge >= 0.3 is 0 Å². The third-order valence-electron chi connectivity index (χ3n) is 2.86. The van der Waals surface area contributed by atoms with Gasteiger partial charge in [-0.1, -0.05) is 24.6 Å². The average Bonchev–Trinajstić information content (AvgIpc) is 2.39. The first-order valence-electron chi connectivity index (χ1n) is 6.41. The van der Waals surface area contributed by atoms with Crippen molar-refractivity contribution in [2.45, 2.75) is 19.9 Å². The van der Waals surface area contributed by atoms with E-state index in [-0.39, 0.29) is 6.04 Å². The highest BCUT2D eigenvalue weighted by atomic mass is 79.9. The van der Waals surface area contributed by atoms with E-state index in [4.69, 9.17) is 16.3 Å². The minimum Gasteiger partial charge on any atom is -0.456 e. The molecule has 106 valence electrons. The van der Waals surface area contributed by atoms with Gasteiger partial charge in [-0.25, -0.2) is 0 Å². The molecular formula is C15H16BrClN2O. The molecule has 5 heteroatoms. The van der Waals surface area contributed by atoms with Gasteiger partial charge in [0.25, 0.3) is 0 Å². The number of pyridine rings is 1. The van der Waals surface area contributed by atoms with E-state index in [0.717, 1.165) is 16.6 Å². The number of rotatable bonds is 5. The van der Waals surface area contributed by atoms with Crippen LogP contribution in [0.3, 0.4) is 0 Å². The molecule has 0 aliphatic rings. The molecule has 0 bridgehead atoms. The first-order valence-corrected chi connectivity index (χ1v) is 7.58. The van der Waals surface area contributed by atoms with Crippen molar-refractivity contribution < 1.29 is 4.74 Å². The third kappa shape index (κ3) is 3.95. The van der Waals surface area contributed by atoms with Crippen LogP contribution in [0.25, 0.3) is 0 Å². The van der Waals surface area contributed by atoms with Crippen LogP contribution in [0, 0.1) is 0 Å². The van der Waals surface area contributed by atoms with Crippen LogP contribution < -0.4 is 10.1 Å². The van der Waals surface area contributed by atoms with E-state index in [2.05, 4.69) is 40.1 Å². The van der Waals surface area contributed by atoms with Crippen LogP contribution in [0.4, 0.5) is 0 Å². The average molecular weight is 356 g/mol. The minimum atomic E-state index is 0.217. The number of hydrogen-bond acceptors (Lipinski definition) is 3. The van der Waals surface area contributed by atoms with E-state index >= 15 is 0 Å². The lowest BCUT2D eigenvalue weighted by Crippen LogP contribution is -2.17. The molecule has 3 nitrogen and oxygen atoms in total. The van der Waals surface area contributed by atoms with Crippen molar-refractivity contribution in [1.29, 1.82) is 0 Å². The lowest BCUT2D eigenvalue weighted by atomic mass is 10.1. The van der Waals surface area contributed by atoms with Crippen LogP contribution in [0.5, 0.6) is 11.5 Å². The predicted octanol–water partition coefficient (Wildman–Crippen LogP) is 4.96. The fourth-order valence-corrected chi connectivity index (χ4v) is 2.60. The van der Waals surface area contributed by atoms with Crippen molar-refractivity contribution in [3.8, 4) is 11.5 Å². The van der Waals surface area contributed by atoms with Crippen molar-refractivity contribution in [1.82, 2.24) is 10.3 Å². The van der Waals surface area contributed by atoms with Crippen LogP contribution in [-0.2, 0) is 0 Å².